The lowest BCUT2D eigenvalue weighted by Gasteiger charge is -2.10. The minimum Gasteiger partial charge on any atom is -0.479 e. The Bertz CT molecular complexity index is 506. The number of nitrogens with one attached hydrogen (secondary N) is 1. The average molecular weight is 246 g/mol. The maximum atomic E-state index is 5.76. The smallest absolute Gasteiger partial charge is 0.245 e. The molecule has 0 radical (unpaired) electrons. The van der Waals surface area contributed by atoms with E-state index in [2.05, 4.69) is 15.3 Å². The van der Waals surface area contributed by atoms with Crippen LogP contribution in [0, 0.1) is 0 Å². The molecule has 6 heteroatoms. The number of rotatable bonds is 4. The van der Waals surface area contributed by atoms with Gasteiger partial charge in [-0.15, -0.1) is 0 Å². The number of aromatic nitrogens is 2. The molecule has 2 aromatic rings. The van der Waals surface area contributed by atoms with Crippen LogP contribution in [0.1, 0.15) is 0 Å². The molecular formula is C12H14N4O2. The molecule has 18 heavy (non-hydrogen) atoms. The molecule has 0 aliphatic carbocycles. The molecule has 0 unspecified atom stereocenters. The van der Waals surface area contributed by atoms with Crippen molar-refractivity contribution in [3.8, 4) is 11.8 Å². The molecule has 0 saturated heterocycles. The van der Waals surface area contributed by atoms with Crippen LogP contribution in [0.15, 0.2) is 30.3 Å². The van der Waals surface area contributed by atoms with Gasteiger partial charge in [-0.2, -0.15) is 9.97 Å². The molecule has 0 spiro atoms. The summed E-state index contributed by atoms with van der Waals surface area (Å²) in [5.74, 6) is 0.921. The maximum Gasteiger partial charge on any atom is 0.245 e. The predicted molar refractivity (Wildman–Crippen MR) is 69.3 cm³/mol. The number of nitrogen functional groups attached to an aromatic ring is 1. The molecule has 0 bridgehead atoms. The second kappa shape index (κ2) is 5.22. The molecule has 0 aliphatic heterocycles. The van der Waals surface area contributed by atoms with E-state index in [0.717, 1.165) is 5.69 Å². The maximum absolute atomic E-state index is 5.76. The Balaban J connectivity index is 2.34. The van der Waals surface area contributed by atoms with E-state index < -0.39 is 0 Å². The summed E-state index contributed by atoms with van der Waals surface area (Å²) >= 11 is 0. The molecule has 0 saturated carbocycles. The van der Waals surface area contributed by atoms with Gasteiger partial charge in [0.2, 0.25) is 17.7 Å². The van der Waals surface area contributed by atoms with Crippen molar-refractivity contribution in [2.45, 2.75) is 0 Å². The quantitative estimate of drug-likeness (QED) is 0.856. The lowest BCUT2D eigenvalue weighted by molar-refractivity contribution is 0.377. The molecule has 0 atom stereocenters. The van der Waals surface area contributed by atoms with Crippen LogP contribution in [0.25, 0.3) is 0 Å². The van der Waals surface area contributed by atoms with Crippen molar-refractivity contribution >= 4 is 17.3 Å². The van der Waals surface area contributed by atoms with E-state index in [1.54, 1.807) is 0 Å². The Morgan fingerprint density at radius 1 is 1.00 bits per heavy atom. The largest absolute Gasteiger partial charge is 0.479 e. The van der Waals surface area contributed by atoms with Gasteiger partial charge in [-0.3, -0.25) is 0 Å². The lowest BCUT2D eigenvalue weighted by atomic mass is 10.3. The number of nitrogens with two attached hydrogens (primary N) is 1. The Labute approximate surface area is 105 Å². The van der Waals surface area contributed by atoms with Crippen LogP contribution in [0.2, 0.25) is 0 Å². The Morgan fingerprint density at radius 3 is 2.06 bits per heavy atom. The first-order chi connectivity index (χ1) is 8.74. The molecule has 6 nitrogen and oxygen atoms in total. The molecule has 1 aromatic heterocycles. The van der Waals surface area contributed by atoms with Gasteiger partial charge in [-0.05, 0) is 12.1 Å². The minimum atomic E-state index is 0.276. The number of para-hydroxylation sites is 1. The van der Waals surface area contributed by atoms with Crippen LogP contribution in [0.3, 0.4) is 0 Å². The van der Waals surface area contributed by atoms with Crippen LogP contribution in [-0.4, -0.2) is 24.2 Å². The SMILES string of the molecule is COc1nc(Nc2ccccc2)nc(OC)c1N. The van der Waals surface area contributed by atoms with Crippen molar-refractivity contribution in [1.29, 1.82) is 0 Å². The van der Waals surface area contributed by atoms with Crippen molar-refractivity contribution in [2.24, 2.45) is 0 Å². The van der Waals surface area contributed by atoms with Crippen molar-refractivity contribution in [2.75, 3.05) is 25.3 Å². The fourth-order valence-electron chi connectivity index (χ4n) is 1.45. The third-order valence-corrected chi connectivity index (χ3v) is 2.29. The molecule has 3 N–H and O–H groups in total. The van der Waals surface area contributed by atoms with Gasteiger partial charge < -0.3 is 20.5 Å². The number of anilines is 3. The minimum absolute atomic E-state index is 0.276. The third-order valence-electron chi connectivity index (χ3n) is 2.29. The number of ether oxygens (including phenoxy) is 2. The Morgan fingerprint density at radius 2 is 1.56 bits per heavy atom. The van der Waals surface area contributed by atoms with Gasteiger partial charge in [0.1, 0.15) is 0 Å². The highest BCUT2D eigenvalue weighted by atomic mass is 16.5. The molecule has 0 aliphatic rings. The normalized spacial score (nSPS) is 9.89. The molecule has 1 aromatic carbocycles. The van der Waals surface area contributed by atoms with Crippen molar-refractivity contribution in [3.05, 3.63) is 30.3 Å². The number of methoxy groups -OCH3 is 2. The standard InChI is InChI=1S/C12H14N4O2/c1-17-10-9(13)11(18-2)16-12(15-10)14-8-6-4-3-5-7-8/h3-7H,13H2,1-2H3,(H,14,15,16). The first-order valence-electron chi connectivity index (χ1n) is 5.32. The van der Waals surface area contributed by atoms with E-state index in [4.69, 9.17) is 15.2 Å². The fraction of sp³-hybridized carbons (Fsp3) is 0.167. The van der Waals surface area contributed by atoms with E-state index in [-0.39, 0.29) is 17.4 Å². The van der Waals surface area contributed by atoms with E-state index in [1.165, 1.54) is 14.2 Å². The van der Waals surface area contributed by atoms with Gasteiger partial charge in [-0.1, -0.05) is 18.2 Å². The second-order valence-corrected chi connectivity index (χ2v) is 3.47. The third kappa shape index (κ3) is 2.42. The monoisotopic (exact) mass is 246 g/mol. The summed E-state index contributed by atoms with van der Waals surface area (Å²) in [5, 5.41) is 3.04. The van der Waals surface area contributed by atoms with Crippen LogP contribution in [0.5, 0.6) is 11.8 Å². The van der Waals surface area contributed by atoms with Crippen molar-refractivity contribution < 1.29 is 9.47 Å². The van der Waals surface area contributed by atoms with Gasteiger partial charge in [0.05, 0.1) is 14.2 Å². The van der Waals surface area contributed by atoms with Crippen molar-refractivity contribution in [1.82, 2.24) is 9.97 Å². The number of nitrogens with zero attached hydrogens (tertiary/aromatic N) is 2. The van der Waals surface area contributed by atoms with Crippen LogP contribution < -0.4 is 20.5 Å². The summed E-state index contributed by atoms with van der Waals surface area (Å²) in [6, 6.07) is 9.55. The molecular weight excluding hydrogens is 232 g/mol. The van der Waals surface area contributed by atoms with Gasteiger partial charge >= 0.3 is 0 Å². The summed E-state index contributed by atoms with van der Waals surface area (Å²) in [6.07, 6.45) is 0. The van der Waals surface area contributed by atoms with Crippen LogP contribution in [-0.2, 0) is 0 Å². The zero-order valence-corrected chi connectivity index (χ0v) is 10.2. The first kappa shape index (κ1) is 12.0. The van der Waals surface area contributed by atoms with E-state index in [0.29, 0.717) is 5.95 Å². The molecule has 0 amide bonds. The highest BCUT2D eigenvalue weighted by Crippen LogP contribution is 2.29. The molecule has 2 rings (SSSR count). The summed E-state index contributed by atoms with van der Waals surface area (Å²) in [7, 11) is 2.98. The predicted octanol–water partition coefficient (Wildman–Crippen LogP) is 1.82. The van der Waals surface area contributed by atoms with Gasteiger partial charge in [0, 0.05) is 5.69 Å². The van der Waals surface area contributed by atoms with Gasteiger partial charge in [0.25, 0.3) is 0 Å². The van der Waals surface area contributed by atoms with Crippen LogP contribution in [0.4, 0.5) is 17.3 Å². The topological polar surface area (TPSA) is 82.3 Å². The van der Waals surface area contributed by atoms with Gasteiger partial charge in [-0.25, -0.2) is 0 Å². The summed E-state index contributed by atoms with van der Waals surface area (Å²) < 4.78 is 10.1. The van der Waals surface area contributed by atoms with E-state index in [9.17, 15) is 0 Å². The summed E-state index contributed by atoms with van der Waals surface area (Å²) in [5.41, 5.74) is 6.91. The first-order valence-corrected chi connectivity index (χ1v) is 5.32. The molecule has 0 fully saturated rings. The summed E-state index contributed by atoms with van der Waals surface area (Å²) in [6.45, 7) is 0. The average Bonchev–Trinajstić information content (AvgIpc) is 2.41. The summed E-state index contributed by atoms with van der Waals surface area (Å²) in [4.78, 5) is 8.29. The Kier molecular flexibility index (Phi) is 3.47. The zero-order valence-electron chi connectivity index (χ0n) is 10.2. The Hall–Kier alpha value is -2.50. The highest BCUT2D eigenvalue weighted by Gasteiger charge is 2.12. The van der Waals surface area contributed by atoms with E-state index >= 15 is 0 Å². The highest BCUT2D eigenvalue weighted by molar-refractivity contribution is 5.61. The van der Waals surface area contributed by atoms with Crippen molar-refractivity contribution in [3.63, 3.8) is 0 Å². The van der Waals surface area contributed by atoms with Crippen LogP contribution >= 0.6 is 0 Å². The van der Waals surface area contributed by atoms with E-state index in [1.807, 2.05) is 30.3 Å². The number of hydrogen-bond acceptors (Lipinski definition) is 6. The zero-order chi connectivity index (χ0) is 13.0. The second-order valence-electron chi connectivity index (χ2n) is 3.47. The van der Waals surface area contributed by atoms with Gasteiger partial charge in [0.15, 0.2) is 5.69 Å². The number of hydrogen-bond donors (Lipinski definition) is 2. The number of benzene rings is 1. The fourth-order valence-corrected chi connectivity index (χ4v) is 1.45. The molecule has 1 heterocycles. The molecule has 94 valence electrons. The lowest BCUT2D eigenvalue weighted by Crippen LogP contribution is -2.05.